The maximum absolute atomic E-state index is 4.27. The van der Waals surface area contributed by atoms with Crippen molar-refractivity contribution in [2.75, 3.05) is 13.6 Å². The number of aromatic amines is 1. The number of hydrogen-bond donors (Lipinski definition) is 2. The van der Waals surface area contributed by atoms with Gasteiger partial charge in [0, 0.05) is 28.4 Å². The van der Waals surface area contributed by atoms with Gasteiger partial charge in [0.15, 0.2) is 0 Å². The molecule has 1 aromatic heterocycles. The molecule has 0 amide bonds. The van der Waals surface area contributed by atoms with Crippen LogP contribution in [0, 0.1) is 0 Å². The topological polar surface area (TPSA) is 27.8 Å². The predicted octanol–water partition coefficient (Wildman–Crippen LogP) is 6.97. The molecule has 0 spiro atoms. The van der Waals surface area contributed by atoms with E-state index in [1.165, 1.54) is 55.2 Å². The van der Waals surface area contributed by atoms with Crippen molar-refractivity contribution in [1.29, 1.82) is 0 Å². The van der Waals surface area contributed by atoms with Crippen molar-refractivity contribution in [1.82, 2.24) is 10.3 Å². The summed E-state index contributed by atoms with van der Waals surface area (Å²) in [6.07, 6.45) is 4.32. The van der Waals surface area contributed by atoms with Gasteiger partial charge in [0.1, 0.15) is 0 Å². The molecule has 2 N–H and O–H groups in total. The molecule has 1 unspecified atom stereocenters. The standard InChI is InChI=1S/C31H26N2/c1-3-21(17-18-32-2)31(22-11-5-4-6-12-22)27-15-9-7-13-23(27)25-20-30-26(19-28(25)31)24-14-8-10-16-29(24)33-30/h3-17,19-20,32-33H,1,18H2,2H3/b21-17+. The SMILES string of the molecule is C=C/C(=C\CNC)C1(c2ccccc2)c2ccccc2-c2cc3[nH]c4ccccc4c3cc21. The van der Waals surface area contributed by atoms with Crippen LogP contribution in [0.1, 0.15) is 16.7 Å². The average Bonchev–Trinajstić information content (AvgIpc) is 3.37. The minimum Gasteiger partial charge on any atom is -0.354 e. The summed E-state index contributed by atoms with van der Waals surface area (Å²) in [5, 5.41) is 5.81. The first-order valence-electron chi connectivity index (χ1n) is 11.5. The van der Waals surface area contributed by atoms with Crippen LogP contribution in [0.25, 0.3) is 32.9 Å². The van der Waals surface area contributed by atoms with E-state index in [9.17, 15) is 0 Å². The zero-order valence-electron chi connectivity index (χ0n) is 18.7. The van der Waals surface area contributed by atoms with Crippen LogP contribution in [0.3, 0.4) is 0 Å². The molecule has 0 fully saturated rings. The monoisotopic (exact) mass is 426 g/mol. The van der Waals surface area contributed by atoms with E-state index in [2.05, 4.69) is 114 Å². The van der Waals surface area contributed by atoms with Crippen LogP contribution in [0.2, 0.25) is 0 Å². The maximum Gasteiger partial charge on any atom is 0.0710 e. The van der Waals surface area contributed by atoms with E-state index in [0.29, 0.717) is 0 Å². The number of H-pyrrole nitrogens is 1. The Morgan fingerprint density at radius 1 is 0.818 bits per heavy atom. The summed E-state index contributed by atoms with van der Waals surface area (Å²) in [7, 11) is 1.98. The van der Waals surface area contributed by atoms with E-state index in [1.54, 1.807) is 0 Å². The van der Waals surface area contributed by atoms with Gasteiger partial charge in [0.05, 0.1) is 5.41 Å². The number of nitrogens with one attached hydrogen (secondary N) is 2. The van der Waals surface area contributed by atoms with Gasteiger partial charge in [0.2, 0.25) is 0 Å². The van der Waals surface area contributed by atoms with Gasteiger partial charge in [-0.1, -0.05) is 91.5 Å². The zero-order chi connectivity index (χ0) is 22.4. The minimum atomic E-state index is -0.418. The molecule has 0 saturated carbocycles. The summed E-state index contributed by atoms with van der Waals surface area (Å²) in [5.74, 6) is 0. The Labute approximate surface area is 194 Å². The highest BCUT2D eigenvalue weighted by molar-refractivity contribution is 6.10. The molecule has 1 aliphatic rings. The molecular weight excluding hydrogens is 400 g/mol. The molecule has 5 aromatic rings. The smallest absolute Gasteiger partial charge is 0.0710 e. The number of benzene rings is 4. The maximum atomic E-state index is 4.27. The Balaban J connectivity index is 1.80. The zero-order valence-corrected chi connectivity index (χ0v) is 18.7. The fraction of sp³-hybridized carbons (Fsp3) is 0.0968. The van der Waals surface area contributed by atoms with Crippen molar-refractivity contribution in [3.05, 3.63) is 132 Å². The van der Waals surface area contributed by atoms with Crippen molar-refractivity contribution in [3.8, 4) is 11.1 Å². The summed E-state index contributed by atoms with van der Waals surface area (Å²) >= 11 is 0. The molecule has 1 atom stereocenters. The van der Waals surface area contributed by atoms with Crippen LogP contribution in [-0.2, 0) is 5.41 Å². The van der Waals surface area contributed by atoms with E-state index in [-0.39, 0.29) is 0 Å². The Kier molecular flexibility index (Phi) is 4.56. The molecule has 0 bridgehead atoms. The molecule has 160 valence electrons. The number of para-hydroxylation sites is 1. The lowest BCUT2D eigenvalue weighted by molar-refractivity contribution is 0.758. The van der Waals surface area contributed by atoms with E-state index < -0.39 is 5.41 Å². The van der Waals surface area contributed by atoms with Gasteiger partial charge >= 0.3 is 0 Å². The lowest BCUT2D eigenvalue weighted by atomic mass is 9.67. The average molecular weight is 427 g/mol. The van der Waals surface area contributed by atoms with Crippen LogP contribution in [0.4, 0.5) is 0 Å². The van der Waals surface area contributed by atoms with E-state index in [0.717, 1.165) is 6.54 Å². The number of likely N-dealkylation sites (N-methyl/N-ethyl adjacent to an activating group) is 1. The molecule has 0 radical (unpaired) electrons. The third kappa shape index (κ3) is 2.71. The molecule has 6 rings (SSSR count). The second kappa shape index (κ2) is 7.61. The molecule has 1 heterocycles. The number of hydrogen-bond acceptors (Lipinski definition) is 1. The van der Waals surface area contributed by atoms with Gasteiger partial charge in [-0.2, -0.15) is 0 Å². The van der Waals surface area contributed by atoms with Crippen LogP contribution >= 0.6 is 0 Å². The van der Waals surface area contributed by atoms with Crippen molar-refractivity contribution in [3.63, 3.8) is 0 Å². The second-order valence-electron chi connectivity index (χ2n) is 8.70. The lowest BCUT2D eigenvalue weighted by Gasteiger charge is -2.35. The first-order valence-corrected chi connectivity index (χ1v) is 11.5. The number of aromatic nitrogens is 1. The van der Waals surface area contributed by atoms with E-state index >= 15 is 0 Å². The van der Waals surface area contributed by atoms with Crippen LogP contribution in [-0.4, -0.2) is 18.6 Å². The van der Waals surface area contributed by atoms with Crippen molar-refractivity contribution >= 4 is 21.8 Å². The largest absolute Gasteiger partial charge is 0.354 e. The molecule has 2 nitrogen and oxygen atoms in total. The predicted molar refractivity (Wildman–Crippen MR) is 140 cm³/mol. The summed E-state index contributed by atoms with van der Waals surface area (Å²) in [6.45, 7) is 5.06. The van der Waals surface area contributed by atoms with Crippen molar-refractivity contribution in [2.45, 2.75) is 5.41 Å². The second-order valence-corrected chi connectivity index (χ2v) is 8.70. The van der Waals surface area contributed by atoms with Gasteiger partial charge in [-0.05, 0) is 58.6 Å². The van der Waals surface area contributed by atoms with Gasteiger partial charge in [-0.15, -0.1) is 0 Å². The Morgan fingerprint density at radius 2 is 1.58 bits per heavy atom. The minimum absolute atomic E-state index is 0.418. The molecule has 4 aromatic carbocycles. The molecule has 1 aliphatic carbocycles. The molecule has 0 aliphatic heterocycles. The van der Waals surface area contributed by atoms with Gasteiger partial charge in [-0.3, -0.25) is 0 Å². The van der Waals surface area contributed by atoms with Crippen LogP contribution in [0.15, 0.2) is 115 Å². The van der Waals surface area contributed by atoms with Gasteiger partial charge in [-0.25, -0.2) is 0 Å². The van der Waals surface area contributed by atoms with E-state index in [4.69, 9.17) is 0 Å². The lowest BCUT2D eigenvalue weighted by Crippen LogP contribution is -2.29. The number of rotatable bonds is 5. The highest BCUT2D eigenvalue weighted by atomic mass is 14.8. The normalized spacial score (nSPS) is 17.3. The van der Waals surface area contributed by atoms with Gasteiger partial charge < -0.3 is 10.3 Å². The molecule has 0 saturated heterocycles. The fourth-order valence-electron chi connectivity index (χ4n) is 5.70. The fourth-order valence-corrected chi connectivity index (χ4v) is 5.70. The summed E-state index contributed by atoms with van der Waals surface area (Å²) < 4.78 is 0. The van der Waals surface area contributed by atoms with Crippen molar-refractivity contribution < 1.29 is 0 Å². The third-order valence-electron chi connectivity index (χ3n) is 7.06. The highest BCUT2D eigenvalue weighted by Gasteiger charge is 2.46. The summed E-state index contributed by atoms with van der Waals surface area (Å²) in [6, 6.07) is 33.0. The molecular formula is C31H26N2. The van der Waals surface area contributed by atoms with Gasteiger partial charge in [0.25, 0.3) is 0 Å². The Hall–Kier alpha value is -3.88. The van der Waals surface area contributed by atoms with Crippen LogP contribution in [0.5, 0.6) is 0 Å². The summed E-state index contributed by atoms with van der Waals surface area (Å²) in [5.41, 5.74) is 9.58. The first kappa shape index (κ1) is 19.8. The van der Waals surface area contributed by atoms with E-state index in [1.807, 2.05) is 13.1 Å². The summed E-state index contributed by atoms with van der Waals surface area (Å²) in [4.78, 5) is 3.64. The number of fused-ring (bicyclic) bond motifs is 6. The third-order valence-corrected chi connectivity index (χ3v) is 7.06. The Bertz CT molecular complexity index is 1540. The van der Waals surface area contributed by atoms with Crippen molar-refractivity contribution in [2.24, 2.45) is 0 Å². The quantitative estimate of drug-likeness (QED) is 0.292. The first-order chi connectivity index (χ1) is 16.3. The molecule has 33 heavy (non-hydrogen) atoms. The highest BCUT2D eigenvalue weighted by Crippen LogP contribution is 2.57. The molecule has 2 heteroatoms. The van der Waals surface area contributed by atoms with Crippen LogP contribution < -0.4 is 5.32 Å². The number of allylic oxidation sites excluding steroid dienone is 2. The Morgan fingerprint density at radius 3 is 2.39 bits per heavy atom.